The molecule has 1 atom stereocenters. The molecule has 3 heteroatoms. The molecule has 2 aromatic carbocycles. The lowest BCUT2D eigenvalue weighted by Gasteiger charge is -2.19. The first-order valence-electron chi connectivity index (χ1n) is 7.04. The molecule has 0 bridgehead atoms. The average Bonchev–Trinajstić information content (AvgIpc) is 2.53. The molecule has 106 valence electrons. The Morgan fingerprint density at radius 2 is 1.81 bits per heavy atom. The number of hydrogen-bond donors (Lipinski definition) is 1. The molecule has 0 aliphatic rings. The first-order chi connectivity index (χ1) is 10.3. The minimum absolute atomic E-state index is 0.270. The van der Waals surface area contributed by atoms with Gasteiger partial charge in [0.25, 0.3) is 0 Å². The number of para-hydroxylation sites is 1. The molecule has 1 unspecified atom stereocenters. The predicted molar refractivity (Wildman–Crippen MR) is 91.4 cm³/mol. The van der Waals surface area contributed by atoms with E-state index < -0.39 is 0 Å². The zero-order valence-corrected chi connectivity index (χ0v) is 13.5. The Morgan fingerprint density at radius 3 is 2.62 bits per heavy atom. The van der Waals surface area contributed by atoms with Crippen LogP contribution in [0.5, 0.6) is 0 Å². The Balaban J connectivity index is 1.98. The third-order valence-corrected chi connectivity index (χ3v) is 4.51. The van der Waals surface area contributed by atoms with Crippen LogP contribution in [0.2, 0.25) is 0 Å². The second-order valence-electron chi connectivity index (χ2n) is 5.05. The monoisotopic (exact) mass is 340 g/mol. The van der Waals surface area contributed by atoms with Crippen molar-refractivity contribution in [3.8, 4) is 0 Å². The number of hydrogen-bond acceptors (Lipinski definition) is 2. The van der Waals surface area contributed by atoms with Gasteiger partial charge in [0.2, 0.25) is 0 Å². The molecule has 3 rings (SSSR count). The topological polar surface area (TPSA) is 24.9 Å². The molecule has 0 amide bonds. The van der Waals surface area contributed by atoms with Crippen molar-refractivity contribution in [2.75, 3.05) is 7.05 Å². The van der Waals surface area contributed by atoms with Crippen LogP contribution in [0.4, 0.5) is 0 Å². The number of nitrogens with one attached hydrogen (secondary N) is 1. The Bertz CT molecular complexity index is 750. The molecule has 2 nitrogen and oxygen atoms in total. The van der Waals surface area contributed by atoms with E-state index in [1.807, 2.05) is 25.4 Å². The van der Waals surface area contributed by atoms with Crippen molar-refractivity contribution >= 4 is 26.8 Å². The van der Waals surface area contributed by atoms with Crippen molar-refractivity contribution in [2.45, 2.75) is 12.5 Å². The summed E-state index contributed by atoms with van der Waals surface area (Å²) in [7, 11) is 2.01. The van der Waals surface area contributed by atoms with Gasteiger partial charge in [-0.15, -0.1) is 0 Å². The highest BCUT2D eigenvalue weighted by molar-refractivity contribution is 9.10. The zero-order valence-electron chi connectivity index (χ0n) is 11.9. The maximum Gasteiger partial charge on any atom is 0.0704 e. The van der Waals surface area contributed by atoms with Gasteiger partial charge in [0.1, 0.15) is 0 Å². The van der Waals surface area contributed by atoms with E-state index in [0.717, 1.165) is 16.4 Å². The summed E-state index contributed by atoms with van der Waals surface area (Å²) in [5.41, 5.74) is 3.65. The maximum absolute atomic E-state index is 4.44. The van der Waals surface area contributed by atoms with Gasteiger partial charge < -0.3 is 5.32 Å². The number of nitrogens with zero attached hydrogens (tertiary/aromatic N) is 1. The second kappa shape index (κ2) is 6.37. The Labute approximate surface area is 133 Å². The quantitative estimate of drug-likeness (QED) is 0.756. The van der Waals surface area contributed by atoms with Crippen LogP contribution in [0.3, 0.4) is 0 Å². The predicted octanol–water partition coefficient (Wildman–Crippen LogP) is 4.50. The lowest BCUT2D eigenvalue weighted by molar-refractivity contribution is 0.591. The van der Waals surface area contributed by atoms with Crippen LogP contribution in [-0.2, 0) is 6.42 Å². The average molecular weight is 341 g/mol. The van der Waals surface area contributed by atoms with Gasteiger partial charge in [0.15, 0.2) is 0 Å². The summed E-state index contributed by atoms with van der Waals surface area (Å²) in [5.74, 6) is 0. The van der Waals surface area contributed by atoms with Gasteiger partial charge in [-0.2, -0.15) is 0 Å². The van der Waals surface area contributed by atoms with Crippen LogP contribution in [0.25, 0.3) is 10.9 Å². The molecule has 1 aromatic heterocycles. The first-order valence-corrected chi connectivity index (χ1v) is 7.83. The molecule has 1 N–H and O–H groups in total. The minimum Gasteiger partial charge on any atom is -0.313 e. The van der Waals surface area contributed by atoms with Crippen molar-refractivity contribution in [1.82, 2.24) is 10.3 Å². The third kappa shape index (κ3) is 2.99. The molecule has 0 fully saturated rings. The molecule has 0 aliphatic carbocycles. The number of pyridine rings is 1. The largest absolute Gasteiger partial charge is 0.313 e. The second-order valence-corrected chi connectivity index (χ2v) is 5.91. The molecule has 0 aliphatic heterocycles. The van der Waals surface area contributed by atoms with E-state index in [-0.39, 0.29) is 6.04 Å². The van der Waals surface area contributed by atoms with Gasteiger partial charge in [-0.25, -0.2) is 0 Å². The Hall–Kier alpha value is -1.71. The molecule has 3 aromatic rings. The number of likely N-dealkylation sites (N-methyl/N-ethyl adjacent to an activating group) is 1. The smallest absolute Gasteiger partial charge is 0.0704 e. The van der Waals surface area contributed by atoms with Gasteiger partial charge in [-0.3, -0.25) is 4.98 Å². The van der Waals surface area contributed by atoms with E-state index >= 15 is 0 Å². The Morgan fingerprint density at radius 1 is 1.05 bits per heavy atom. The van der Waals surface area contributed by atoms with E-state index in [1.165, 1.54) is 16.5 Å². The highest BCUT2D eigenvalue weighted by atomic mass is 79.9. The van der Waals surface area contributed by atoms with E-state index in [2.05, 4.69) is 68.7 Å². The zero-order chi connectivity index (χ0) is 14.7. The number of aromatic nitrogens is 1. The van der Waals surface area contributed by atoms with E-state index in [4.69, 9.17) is 0 Å². The molecule has 0 radical (unpaired) electrons. The van der Waals surface area contributed by atoms with E-state index in [0.29, 0.717) is 0 Å². The summed E-state index contributed by atoms with van der Waals surface area (Å²) in [6.07, 6.45) is 2.83. The van der Waals surface area contributed by atoms with Crippen LogP contribution < -0.4 is 5.32 Å². The molecule has 21 heavy (non-hydrogen) atoms. The third-order valence-electron chi connectivity index (χ3n) is 3.79. The molecule has 0 saturated heterocycles. The normalized spacial score (nSPS) is 12.5. The Kier molecular flexibility index (Phi) is 4.32. The molecule has 1 heterocycles. The molecular formula is C18H17BrN2. The number of fused-ring (bicyclic) bond motifs is 1. The lowest BCUT2D eigenvalue weighted by atomic mass is 9.97. The van der Waals surface area contributed by atoms with Crippen LogP contribution in [-0.4, -0.2) is 12.0 Å². The van der Waals surface area contributed by atoms with E-state index in [9.17, 15) is 0 Å². The van der Waals surface area contributed by atoms with Crippen molar-refractivity contribution in [3.05, 3.63) is 76.4 Å². The standard InChI is InChI=1S/C18H17BrN2/c1-20-18(15-7-2-4-8-16(15)19)12-13-10-11-21-17-9-5-3-6-14(13)17/h2-11,18,20H,12H2,1H3. The van der Waals surface area contributed by atoms with Gasteiger partial charge in [-0.1, -0.05) is 52.3 Å². The summed E-state index contributed by atoms with van der Waals surface area (Å²) in [4.78, 5) is 4.44. The highest BCUT2D eigenvalue weighted by Crippen LogP contribution is 2.27. The lowest BCUT2D eigenvalue weighted by Crippen LogP contribution is -2.19. The number of benzene rings is 2. The highest BCUT2D eigenvalue weighted by Gasteiger charge is 2.14. The van der Waals surface area contributed by atoms with Crippen LogP contribution >= 0.6 is 15.9 Å². The molecule has 0 spiro atoms. The summed E-state index contributed by atoms with van der Waals surface area (Å²) in [6, 6.07) is 19.1. The maximum atomic E-state index is 4.44. The van der Waals surface area contributed by atoms with Crippen molar-refractivity contribution < 1.29 is 0 Å². The van der Waals surface area contributed by atoms with Crippen LogP contribution in [0.1, 0.15) is 17.2 Å². The summed E-state index contributed by atoms with van der Waals surface area (Å²) >= 11 is 3.65. The van der Waals surface area contributed by atoms with E-state index in [1.54, 1.807) is 0 Å². The van der Waals surface area contributed by atoms with Gasteiger partial charge in [0.05, 0.1) is 5.52 Å². The fraction of sp³-hybridized carbons (Fsp3) is 0.167. The summed E-state index contributed by atoms with van der Waals surface area (Å²) in [5, 5.41) is 4.65. The number of halogens is 1. The van der Waals surface area contributed by atoms with Gasteiger partial charge >= 0.3 is 0 Å². The summed E-state index contributed by atoms with van der Waals surface area (Å²) in [6.45, 7) is 0. The minimum atomic E-state index is 0.270. The van der Waals surface area contributed by atoms with Crippen LogP contribution in [0.15, 0.2) is 65.3 Å². The van der Waals surface area contributed by atoms with Gasteiger partial charge in [0, 0.05) is 22.1 Å². The SMILES string of the molecule is CNC(Cc1ccnc2ccccc12)c1ccccc1Br. The fourth-order valence-corrected chi connectivity index (χ4v) is 3.24. The van der Waals surface area contributed by atoms with Crippen molar-refractivity contribution in [1.29, 1.82) is 0 Å². The molecule has 0 saturated carbocycles. The number of rotatable bonds is 4. The van der Waals surface area contributed by atoms with Crippen LogP contribution in [0, 0.1) is 0 Å². The summed E-state index contributed by atoms with van der Waals surface area (Å²) < 4.78 is 1.14. The first kappa shape index (κ1) is 14.2. The van der Waals surface area contributed by atoms with Gasteiger partial charge in [-0.05, 0) is 42.8 Å². The van der Waals surface area contributed by atoms with Crippen molar-refractivity contribution in [3.63, 3.8) is 0 Å². The molecular weight excluding hydrogens is 324 g/mol. The van der Waals surface area contributed by atoms with Crippen molar-refractivity contribution in [2.24, 2.45) is 0 Å². The fourth-order valence-electron chi connectivity index (χ4n) is 2.68.